The van der Waals surface area contributed by atoms with Crippen LogP contribution in [0, 0.1) is 35.2 Å². The van der Waals surface area contributed by atoms with Crippen molar-refractivity contribution in [2.45, 2.75) is 103 Å². The van der Waals surface area contributed by atoms with Crippen molar-refractivity contribution in [2.24, 2.45) is 17.8 Å². The summed E-state index contributed by atoms with van der Waals surface area (Å²) in [5, 5.41) is 0. The lowest BCUT2D eigenvalue weighted by Crippen LogP contribution is -2.30. The minimum atomic E-state index is -1.31. The van der Waals surface area contributed by atoms with Gasteiger partial charge in [-0.3, -0.25) is 0 Å². The summed E-state index contributed by atoms with van der Waals surface area (Å²) in [5.74, 6) is -2.06. The van der Waals surface area contributed by atoms with Crippen LogP contribution in [-0.4, -0.2) is 12.1 Å². The number of rotatable bonds is 7. The van der Waals surface area contributed by atoms with E-state index in [1.165, 1.54) is 44.6 Å². The molecule has 0 N–H and O–H groups in total. The van der Waals surface area contributed by atoms with E-state index in [1.807, 2.05) is 6.92 Å². The highest BCUT2D eigenvalue weighted by Gasteiger charge is 2.34. The zero-order valence-corrected chi connectivity index (χ0v) is 22.6. The second-order valence-corrected chi connectivity index (χ2v) is 11.6. The number of ether oxygens (including phenoxy) is 2. The molecular formula is C32H39F3O3. The van der Waals surface area contributed by atoms with E-state index in [1.54, 1.807) is 12.1 Å². The Labute approximate surface area is 224 Å². The summed E-state index contributed by atoms with van der Waals surface area (Å²) in [6.45, 7) is 4.20. The first-order valence-corrected chi connectivity index (χ1v) is 14.6. The molecule has 0 unspecified atom stereocenters. The summed E-state index contributed by atoms with van der Waals surface area (Å²) in [7, 11) is 0. The van der Waals surface area contributed by atoms with Crippen molar-refractivity contribution in [3.05, 3.63) is 57.9 Å². The van der Waals surface area contributed by atoms with Crippen LogP contribution < -0.4 is 4.74 Å². The molecule has 3 nitrogen and oxygen atoms in total. The molecule has 2 saturated carbocycles. The standard InChI is InChI=1S/C32H39F3O3/c1-3-5-19-7-9-20(10-8-19)21-13-15-25(16-14-21)37-32(36)26-18-24-17-23-12-11-22(6-4-2)27(33)30(23)38-31(24)29(35)28(26)34/h11-12,18-21,25H,3-10,13-17H2,1-2H3. The number of fused-ring (bicyclic) bond motifs is 2. The first-order chi connectivity index (χ1) is 18.4. The molecule has 6 heteroatoms. The lowest BCUT2D eigenvalue weighted by atomic mass is 9.70. The molecule has 0 radical (unpaired) electrons. The van der Waals surface area contributed by atoms with Crippen LogP contribution >= 0.6 is 0 Å². The van der Waals surface area contributed by atoms with Crippen LogP contribution in [0.5, 0.6) is 11.5 Å². The molecule has 2 aromatic rings. The molecule has 2 aliphatic carbocycles. The molecule has 0 atom stereocenters. The number of aryl methyl sites for hydroxylation is 1. The van der Waals surface area contributed by atoms with Gasteiger partial charge in [0.15, 0.2) is 23.1 Å². The maximum absolute atomic E-state index is 15.1. The Morgan fingerprint density at radius 1 is 0.842 bits per heavy atom. The topological polar surface area (TPSA) is 35.5 Å². The van der Waals surface area contributed by atoms with Crippen molar-refractivity contribution in [3.8, 4) is 11.5 Å². The van der Waals surface area contributed by atoms with E-state index in [4.69, 9.17) is 9.47 Å². The Kier molecular flexibility index (Phi) is 8.35. The van der Waals surface area contributed by atoms with Gasteiger partial charge in [0, 0.05) is 17.5 Å². The van der Waals surface area contributed by atoms with Gasteiger partial charge in [0.2, 0.25) is 5.82 Å². The molecular weight excluding hydrogens is 489 g/mol. The highest BCUT2D eigenvalue weighted by atomic mass is 19.2. The number of carbonyl (C=O) groups excluding carboxylic acids is 1. The van der Waals surface area contributed by atoms with Gasteiger partial charge in [-0.2, -0.15) is 4.39 Å². The Bertz CT molecular complexity index is 1160. The van der Waals surface area contributed by atoms with Crippen molar-refractivity contribution >= 4 is 5.97 Å². The van der Waals surface area contributed by atoms with Crippen LogP contribution in [0.1, 0.15) is 112 Å². The summed E-state index contributed by atoms with van der Waals surface area (Å²) in [5.41, 5.74) is 0.915. The van der Waals surface area contributed by atoms with Crippen LogP contribution in [0.3, 0.4) is 0 Å². The SMILES string of the molecule is CCCc1ccc2c(c1F)Oc1c(cc(C(=O)OC3CCC(C4CCC(CCC)CC4)CC3)c(F)c1F)C2. The predicted octanol–water partition coefficient (Wildman–Crippen LogP) is 9.08. The van der Waals surface area contributed by atoms with E-state index in [9.17, 15) is 9.18 Å². The van der Waals surface area contributed by atoms with E-state index in [-0.39, 0.29) is 24.0 Å². The molecule has 3 aliphatic rings. The Morgan fingerprint density at radius 3 is 2.16 bits per heavy atom. The van der Waals surface area contributed by atoms with Crippen LogP contribution in [0.25, 0.3) is 0 Å². The average molecular weight is 529 g/mol. The van der Waals surface area contributed by atoms with E-state index < -0.39 is 29.0 Å². The number of hydrogen-bond acceptors (Lipinski definition) is 3. The highest BCUT2D eigenvalue weighted by molar-refractivity contribution is 5.90. The number of hydrogen-bond donors (Lipinski definition) is 0. The first kappa shape index (κ1) is 27.1. The van der Waals surface area contributed by atoms with Gasteiger partial charge < -0.3 is 9.47 Å². The third-order valence-electron chi connectivity index (χ3n) is 9.07. The molecule has 38 heavy (non-hydrogen) atoms. The van der Waals surface area contributed by atoms with Gasteiger partial charge in [0.1, 0.15) is 6.10 Å². The van der Waals surface area contributed by atoms with Gasteiger partial charge in [-0.1, -0.05) is 58.1 Å². The Balaban J connectivity index is 1.22. The van der Waals surface area contributed by atoms with Gasteiger partial charge >= 0.3 is 5.97 Å². The van der Waals surface area contributed by atoms with E-state index in [2.05, 4.69) is 6.92 Å². The molecule has 2 fully saturated rings. The summed E-state index contributed by atoms with van der Waals surface area (Å²) < 4.78 is 56.2. The van der Waals surface area contributed by atoms with Crippen LogP contribution in [0.2, 0.25) is 0 Å². The van der Waals surface area contributed by atoms with Gasteiger partial charge in [-0.15, -0.1) is 0 Å². The monoisotopic (exact) mass is 528 g/mol. The van der Waals surface area contributed by atoms with Crippen molar-refractivity contribution in [3.63, 3.8) is 0 Å². The summed E-state index contributed by atoms with van der Waals surface area (Å²) in [6, 6.07) is 4.76. The minimum absolute atomic E-state index is 0.0623. The number of esters is 1. The van der Waals surface area contributed by atoms with Crippen molar-refractivity contribution in [2.75, 3.05) is 0 Å². The number of halogens is 3. The molecule has 1 aliphatic heterocycles. The molecule has 0 saturated heterocycles. The fraction of sp³-hybridized carbons (Fsp3) is 0.594. The predicted molar refractivity (Wildman–Crippen MR) is 141 cm³/mol. The van der Waals surface area contributed by atoms with E-state index in [0.717, 1.165) is 43.9 Å². The molecule has 1 heterocycles. The maximum atomic E-state index is 15.1. The molecule has 206 valence electrons. The van der Waals surface area contributed by atoms with Crippen LogP contribution in [-0.2, 0) is 17.6 Å². The molecule has 5 rings (SSSR count). The van der Waals surface area contributed by atoms with Crippen LogP contribution in [0.4, 0.5) is 13.2 Å². The fourth-order valence-electron chi connectivity index (χ4n) is 6.96. The Hall–Kier alpha value is -2.50. The fourth-order valence-corrected chi connectivity index (χ4v) is 6.96. The minimum Gasteiger partial charge on any atom is -0.459 e. The van der Waals surface area contributed by atoms with E-state index in [0.29, 0.717) is 29.0 Å². The van der Waals surface area contributed by atoms with Gasteiger partial charge in [0.25, 0.3) is 0 Å². The number of benzene rings is 2. The van der Waals surface area contributed by atoms with Crippen molar-refractivity contribution in [1.82, 2.24) is 0 Å². The molecule has 0 aromatic heterocycles. The highest BCUT2D eigenvalue weighted by Crippen LogP contribution is 2.44. The summed E-state index contributed by atoms with van der Waals surface area (Å²) in [4.78, 5) is 12.9. The largest absolute Gasteiger partial charge is 0.459 e. The third kappa shape index (κ3) is 5.46. The summed E-state index contributed by atoms with van der Waals surface area (Å²) >= 11 is 0. The van der Waals surface area contributed by atoms with Gasteiger partial charge in [-0.25, -0.2) is 13.6 Å². The molecule has 0 bridgehead atoms. The van der Waals surface area contributed by atoms with Crippen LogP contribution in [0.15, 0.2) is 18.2 Å². The second kappa shape index (κ2) is 11.7. The van der Waals surface area contributed by atoms with E-state index >= 15 is 8.78 Å². The third-order valence-corrected chi connectivity index (χ3v) is 9.07. The van der Waals surface area contributed by atoms with Gasteiger partial charge in [-0.05, 0) is 74.3 Å². The number of carbonyl (C=O) groups is 1. The lowest BCUT2D eigenvalue weighted by molar-refractivity contribution is 0.0104. The molecule has 2 aromatic carbocycles. The smallest absolute Gasteiger partial charge is 0.341 e. The average Bonchev–Trinajstić information content (AvgIpc) is 2.93. The zero-order valence-electron chi connectivity index (χ0n) is 22.6. The summed E-state index contributed by atoms with van der Waals surface area (Å²) in [6.07, 6.45) is 12.6. The second-order valence-electron chi connectivity index (χ2n) is 11.6. The maximum Gasteiger partial charge on any atom is 0.341 e. The normalized spacial score (nSPS) is 24.8. The Morgan fingerprint density at radius 2 is 1.50 bits per heavy atom. The van der Waals surface area contributed by atoms with Crippen molar-refractivity contribution < 1.29 is 27.4 Å². The van der Waals surface area contributed by atoms with Crippen molar-refractivity contribution in [1.29, 1.82) is 0 Å². The molecule has 0 amide bonds. The lowest BCUT2D eigenvalue weighted by Gasteiger charge is -2.37. The zero-order chi connectivity index (χ0) is 26.8. The quantitative estimate of drug-likeness (QED) is 0.287. The molecule has 0 spiro atoms. The van der Waals surface area contributed by atoms with Gasteiger partial charge in [0.05, 0.1) is 5.56 Å². The first-order valence-electron chi connectivity index (χ1n) is 14.6.